The van der Waals surface area contributed by atoms with Crippen molar-refractivity contribution < 1.29 is 4.57 Å². The summed E-state index contributed by atoms with van der Waals surface area (Å²) in [5.41, 5.74) is 1.43. The summed E-state index contributed by atoms with van der Waals surface area (Å²) in [6.07, 6.45) is 15.4. The SMILES string of the molecule is C[n+]1ccc(CCC2C=CC=C2)cc1. The van der Waals surface area contributed by atoms with Crippen LogP contribution in [0.25, 0.3) is 0 Å². The molecule has 0 saturated carbocycles. The van der Waals surface area contributed by atoms with Gasteiger partial charge in [0.2, 0.25) is 0 Å². The summed E-state index contributed by atoms with van der Waals surface area (Å²) in [5.74, 6) is 0.656. The second-order valence-corrected chi connectivity index (χ2v) is 3.84. The molecule has 14 heavy (non-hydrogen) atoms. The quantitative estimate of drug-likeness (QED) is 0.637. The Bertz CT molecular complexity index is 334. The highest BCUT2D eigenvalue weighted by atomic mass is 14.9. The minimum absolute atomic E-state index is 0.656. The minimum Gasteiger partial charge on any atom is -0.208 e. The van der Waals surface area contributed by atoms with Gasteiger partial charge in [-0.15, -0.1) is 0 Å². The van der Waals surface area contributed by atoms with E-state index < -0.39 is 0 Å². The van der Waals surface area contributed by atoms with Crippen molar-refractivity contribution in [2.45, 2.75) is 12.8 Å². The maximum atomic E-state index is 2.27. The summed E-state index contributed by atoms with van der Waals surface area (Å²) in [5, 5.41) is 0. The first-order chi connectivity index (χ1) is 6.84. The van der Waals surface area contributed by atoms with Crippen LogP contribution in [0, 0.1) is 5.92 Å². The van der Waals surface area contributed by atoms with Gasteiger partial charge in [-0.1, -0.05) is 24.3 Å². The van der Waals surface area contributed by atoms with Crippen LogP contribution in [-0.2, 0) is 13.5 Å². The molecule has 0 unspecified atom stereocenters. The maximum absolute atomic E-state index is 2.27. The molecule has 72 valence electrons. The summed E-state index contributed by atoms with van der Waals surface area (Å²) in [6.45, 7) is 0. The van der Waals surface area contributed by atoms with Gasteiger partial charge < -0.3 is 0 Å². The number of nitrogens with zero attached hydrogens (tertiary/aromatic N) is 1. The van der Waals surface area contributed by atoms with Crippen LogP contribution in [0.3, 0.4) is 0 Å². The molecule has 0 saturated heterocycles. The first kappa shape index (κ1) is 9.20. The van der Waals surface area contributed by atoms with Crippen LogP contribution < -0.4 is 4.57 Å². The van der Waals surface area contributed by atoms with E-state index >= 15 is 0 Å². The van der Waals surface area contributed by atoms with Crippen LogP contribution in [0.2, 0.25) is 0 Å². The molecule has 1 aliphatic rings. The van der Waals surface area contributed by atoms with Gasteiger partial charge in [-0.25, -0.2) is 4.57 Å². The topological polar surface area (TPSA) is 3.88 Å². The Morgan fingerprint density at radius 3 is 2.43 bits per heavy atom. The molecule has 1 aliphatic carbocycles. The third-order valence-corrected chi connectivity index (χ3v) is 2.64. The van der Waals surface area contributed by atoms with E-state index in [9.17, 15) is 0 Å². The molecule has 0 aromatic carbocycles. The number of aromatic nitrogens is 1. The van der Waals surface area contributed by atoms with E-state index in [0.29, 0.717) is 5.92 Å². The lowest BCUT2D eigenvalue weighted by Crippen LogP contribution is -2.25. The van der Waals surface area contributed by atoms with Gasteiger partial charge in [0.15, 0.2) is 12.4 Å². The summed E-state index contributed by atoms with van der Waals surface area (Å²) in [6, 6.07) is 4.39. The number of hydrogen-bond donors (Lipinski definition) is 0. The van der Waals surface area contributed by atoms with E-state index in [1.165, 1.54) is 18.4 Å². The average molecular weight is 186 g/mol. The highest BCUT2D eigenvalue weighted by molar-refractivity contribution is 5.18. The smallest absolute Gasteiger partial charge is 0.168 e. The molecule has 0 N–H and O–H groups in total. The normalized spacial score (nSPS) is 15.2. The maximum Gasteiger partial charge on any atom is 0.168 e. The van der Waals surface area contributed by atoms with E-state index in [-0.39, 0.29) is 0 Å². The average Bonchev–Trinajstić information content (AvgIpc) is 2.70. The zero-order valence-corrected chi connectivity index (χ0v) is 8.56. The Kier molecular flexibility index (Phi) is 2.78. The predicted molar refractivity (Wildman–Crippen MR) is 57.7 cm³/mol. The molecule has 0 aliphatic heterocycles. The molecular formula is C13H16N+. The van der Waals surface area contributed by atoms with E-state index in [1.807, 2.05) is 7.05 Å². The molecule has 1 heteroatoms. The van der Waals surface area contributed by atoms with Gasteiger partial charge in [0.1, 0.15) is 7.05 Å². The van der Waals surface area contributed by atoms with Gasteiger partial charge in [0.25, 0.3) is 0 Å². The third-order valence-electron chi connectivity index (χ3n) is 2.64. The molecule has 0 amide bonds. The Labute approximate surface area is 85.4 Å². The highest BCUT2D eigenvalue weighted by Gasteiger charge is 2.04. The van der Waals surface area contributed by atoms with Crippen molar-refractivity contribution in [1.29, 1.82) is 0 Å². The molecule has 0 bridgehead atoms. The molecule has 1 nitrogen and oxygen atoms in total. The number of rotatable bonds is 3. The number of allylic oxidation sites excluding steroid dienone is 4. The highest BCUT2D eigenvalue weighted by Crippen LogP contribution is 2.15. The molecule has 1 aromatic rings. The van der Waals surface area contributed by atoms with E-state index in [4.69, 9.17) is 0 Å². The minimum atomic E-state index is 0.656. The van der Waals surface area contributed by atoms with Crippen molar-refractivity contribution in [3.05, 3.63) is 54.4 Å². The number of pyridine rings is 1. The van der Waals surface area contributed by atoms with Gasteiger partial charge in [-0.05, 0) is 24.3 Å². The largest absolute Gasteiger partial charge is 0.208 e. The fourth-order valence-electron chi connectivity index (χ4n) is 1.70. The molecule has 1 heterocycles. The third kappa shape index (κ3) is 2.32. The Morgan fingerprint density at radius 1 is 1.14 bits per heavy atom. The van der Waals surface area contributed by atoms with Crippen molar-refractivity contribution in [2.24, 2.45) is 13.0 Å². The van der Waals surface area contributed by atoms with Gasteiger partial charge in [-0.2, -0.15) is 0 Å². The summed E-state index contributed by atoms with van der Waals surface area (Å²) in [4.78, 5) is 0. The second-order valence-electron chi connectivity index (χ2n) is 3.84. The molecule has 2 rings (SSSR count). The molecule has 0 fully saturated rings. The molecule has 0 spiro atoms. The van der Waals surface area contributed by atoms with Gasteiger partial charge >= 0.3 is 0 Å². The van der Waals surface area contributed by atoms with Crippen molar-refractivity contribution in [1.82, 2.24) is 0 Å². The lowest BCUT2D eigenvalue weighted by Gasteiger charge is -2.03. The first-order valence-corrected chi connectivity index (χ1v) is 5.14. The van der Waals surface area contributed by atoms with Crippen molar-refractivity contribution in [3.8, 4) is 0 Å². The number of aryl methyl sites for hydroxylation is 2. The monoisotopic (exact) mass is 186 g/mol. The van der Waals surface area contributed by atoms with E-state index in [1.54, 1.807) is 0 Å². The molecule has 0 radical (unpaired) electrons. The lowest BCUT2D eigenvalue weighted by molar-refractivity contribution is -0.671. The zero-order chi connectivity index (χ0) is 9.80. The first-order valence-electron chi connectivity index (χ1n) is 5.14. The lowest BCUT2D eigenvalue weighted by atomic mass is 10.0. The predicted octanol–water partition coefficient (Wildman–Crippen LogP) is 2.19. The number of hydrogen-bond acceptors (Lipinski definition) is 0. The molecule has 1 aromatic heterocycles. The fourth-order valence-corrected chi connectivity index (χ4v) is 1.70. The van der Waals surface area contributed by atoms with Crippen molar-refractivity contribution in [2.75, 3.05) is 0 Å². The van der Waals surface area contributed by atoms with Crippen LogP contribution in [0.5, 0.6) is 0 Å². The van der Waals surface area contributed by atoms with E-state index in [2.05, 4.69) is 53.4 Å². The zero-order valence-electron chi connectivity index (χ0n) is 8.56. The Hall–Kier alpha value is -1.37. The summed E-state index contributed by atoms with van der Waals surface area (Å²) >= 11 is 0. The van der Waals surface area contributed by atoms with E-state index in [0.717, 1.165) is 0 Å². The van der Waals surface area contributed by atoms with Gasteiger partial charge in [0.05, 0.1) is 0 Å². The molecule has 0 atom stereocenters. The summed E-state index contributed by atoms with van der Waals surface area (Å²) in [7, 11) is 2.05. The van der Waals surface area contributed by atoms with Gasteiger partial charge in [0, 0.05) is 12.1 Å². The van der Waals surface area contributed by atoms with Crippen molar-refractivity contribution in [3.63, 3.8) is 0 Å². The van der Waals surface area contributed by atoms with Crippen LogP contribution in [0.1, 0.15) is 12.0 Å². The Balaban J connectivity index is 1.88. The van der Waals surface area contributed by atoms with Gasteiger partial charge in [-0.3, -0.25) is 0 Å². The fraction of sp³-hybridized carbons (Fsp3) is 0.308. The van der Waals surface area contributed by atoms with Crippen LogP contribution in [0.4, 0.5) is 0 Å². The van der Waals surface area contributed by atoms with Crippen LogP contribution >= 0.6 is 0 Å². The standard InChI is InChI=1S/C13H16N/c1-14-10-8-13(9-11-14)7-6-12-4-2-3-5-12/h2-5,8-12H,6-7H2,1H3/q+1. The summed E-state index contributed by atoms with van der Waals surface area (Å²) < 4.78 is 2.07. The van der Waals surface area contributed by atoms with Crippen LogP contribution in [-0.4, -0.2) is 0 Å². The Morgan fingerprint density at radius 2 is 1.79 bits per heavy atom. The van der Waals surface area contributed by atoms with Crippen molar-refractivity contribution >= 4 is 0 Å². The molecular weight excluding hydrogens is 170 g/mol. The van der Waals surface area contributed by atoms with Crippen LogP contribution in [0.15, 0.2) is 48.8 Å². The second kappa shape index (κ2) is 4.23.